The van der Waals surface area contributed by atoms with E-state index in [9.17, 15) is 5.11 Å². The average Bonchev–Trinajstić information content (AvgIpc) is 3.18. The van der Waals surface area contributed by atoms with Crippen molar-refractivity contribution < 1.29 is 5.11 Å². The highest BCUT2D eigenvalue weighted by atomic mass is 16.3. The Morgan fingerprint density at radius 1 is 1.09 bits per heavy atom. The number of hydrogen-bond donors (Lipinski definition) is 2. The summed E-state index contributed by atoms with van der Waals surface area (Å²) < 4.78 is 1.80. The smallest absolute Gasteiger partial charge is 0.153 e. The van der Waals surface area contributed by atoms with Gasteiger partial charge in [0.1, 0.15) is 23.4 Å². The molecule has 0 amide bonds. The summed E-state index contributed by atoms with van der Waals surface area (Å²) in [6, 6.07) is 17.0. The zero-order valence-corrected chi connectivity index (χ0v) is 17.8. The Bertz CT molecular complexity index is 1340. The number of imidazole rings is 1. The Labute approximate surface area is 185 Å². The molecule has 32 heavy (non-hydrogen) atoms. The van der Waals surface area contributed by atoms with Crippen molar-refractivity contribution in [2.45, 2.75) is 30.9 Å². The lowest BCUT2D eigenvalue weighted by Gasteiger charge is -2.33. The van der Waals surface area contributed by atoms with Gasteiger partial charge in [0.15, 0.2) is 5.82 Å². The number of aromatic nitrogens is 4. The number of likely N-dealkylation sites (N-methyl/N-ethyl adjacent to an activating group) is 1. The minimum atomic E-state index is -0.269. The number of hydrogen-bond acceptors (Lipinski definition) is 6. The molecule has 0 radical (unpaired) electrons. The molecule has 160 valence electrons. The molecule has 1 fully saturated rings. The minimum Gasteiger partial charge on any atom is -0.393 e. The van der Waals surface area contributed by atoms with Gasteiger partial charge >= 0.3 is 0 Å². The van der Waals surface area contributed by atoms with Crippen molar-refractivity contribution in [3.8, 4) is 11.3 Å². The lowest BCUT2D eigenvalue weighted by atomic mass is 9.82. The predicted octanol–water partition coefficient (Wildman–Crippen LogP) is 3.82. The van der Waals surface area contributed by atoms with Gasteiger partial charge in [-0.1, -0.05) is 54.6 Å². The van der Waals surface area contributed by atoms with E-state index in [1.54, 1.807) is 4.52 Å². The summed E-state index contributed by atoms with van der Waals surface area (Å²) in [7, 11) is 2.12. The fourth-order valence-electron chi connectivity index (χ4n) is 4.84. The molecule has 2 aromatic heterocycles. The van der Waals surface area contributed by atoms with E-state index in [4.69, 9.17) is 10.7 Å². The number of nitrogens with zero attached hydrogens (tertiary/aromatic N) is 5. The van der Waals surface area contributed by atoms with E-state index >= 15 is 0 Å². The second kappa shape index (κ2) is 7.17. The van der Waals surface area contributed by atoms with Crippen LogP contribution in [0.4, 0.5) is 11.5 Å². The Morgan fingerprint density at radius 2 is 1.91 bits per heavy atom. The van der Waals surface area contributed by atoms with Gasteiger partial charge in [0.05, 0.1) is 12.1 Å². The number of nitrogens with two attached hydrogens (primary N) is 1. The fraction of sp³-hybridized carbons (Fsp3) is 0.240. The number of benzene rings is 2. The van der Waals surface area contributed by atoms with Gasteiger partial charge in [0.2, 0.25) is 0 Å². The molecule has 1 saturated carbocycles. The third kappa shape index (κ3) is 2.89. The molecule has 0 saturated heterocycles. The van der Waals surface area contributed by atoms with Gasteiger partial charge in [0, 0.05) is 24.2 Å². The molecule has 1 aliphatic heterocycles. The molecule has 4 aromatic rings. The third-order valence-electron chi connectivity index (χ3n) is 6.66. The molecule has 7 heteroatoms. The molecule has 7 nitrogen and oxygen atoms in total. The molecule has 6 rings (SSSR count). The average molecular weight is 425 g/mol. The summed E-state index contributed by atoms with van der Waals surface area (Å²) in [4.78, 5) is 11.5. The Morgan fingerprint density at radius 3 is 2.69 bits per heavy atom. The first-order valence-electron chi connectivity index (χ1n) is 10.9. The van der Waals surface area contributed by atoms with Crippen molar-refractivity contribution in [1.29, 1.82) is 0 Å². The van der Waals surface area contributed by atoms with Crippen LogP contribution in [-0.4, -0.2) is 37.8 Å². The summed E-state index contributed by atoms with van der Waals surface area (Å²) in [5.74, 6) is 1.41. The highest BCUT2D eigenvalue weighted by molar-refractivity contribution is 5.88. The van der Waals surface area contributed by atoms with Gasteiger partial charge in [0.25, 0.3) is 0 Å². The maximum atomic E-state index is 9.80. The van der Waals surface area contributed by atoms with Crippen LogP contribution in [0.5, 0.6) is 0 Å². The van der Waals surface area contributed by atoms with E-state index in [1.165, 1.54) is 17.5 Å². The molecular formula is C25H24N6O. The van der Waals surface area contributed by atoms with E-state index in [1.807, 2.05) is 6.07 Å². The van der Waals surface area contributed by atoms with Crippen LogP contribution in [0.3, 0.4) is 0 Å². The first kappa shape index (κ1) is 19.0. The van der Waals surface area contributed by atoms with E-state index in [2.05, 4.69) is 76.6 Å². The van der Waals surface area contributed by atoms with Gasteiger partial charge < -0.3 is 15.7 Å². The molecule has 3 N–H and O–H groups in total. The number of aliphatic hydroxyl groups excluding tert-OH is 1. The Balaban J connectivity index is 1.46. The molecule has 1 unspecified atom stereocenters. The zero-order valence-electron chi connectivity index (χ0n) is 17.8. The van der Waals surface area contributed by atoms with Crippen LogP contribution in [0.1, 0.15) is 41.8 Å². The van der Waals surface area contributed by atoms with Crippen molar-refractivity contribution in [3.63, 3.8) is 0 Å². The van der Waals surface area contributed by atoms with Crippen LogP contribution in [0, 0.1) is 0 Å². The second-order valence-corrected chi connectivity index (χ2v) is 8.65. The summed E-state index contributed by atoms with van der Waals surface area (Å²) in [6.07, 6.45) is 6.99. The summed E-state index contributed by atoms with van der Waals surface area (Å²) in [5.41, 5.74) is 12.3. The number of nitrogen functional groups attached to an aromatic ring is 1. The number of anilines is 2. The van der Waals surface area contributed by atoms with Crippen molar-refractivity contribution >= 4 is 23.1 Å². The molecule has 2 aromatic carbocycles. The van der Waals surface area contributed by atoms with Crippen LogP contribution in [0.15, 0.2) is 60.9 Å². The second-order valence-electron chi connectivity index (χ2n) is 8.65. The van der Waals surface area contributed by atoms with E-state index < -0.39 is 0 Å². The highest BCUT2D eigenvalue weighted by Crippen LogP contribution is 2.41. The van der Waals surface area contributed by atoms with Gasteiger partial charge in [-0.2, -0.15) is 5.10 Å². The molecule has 0 spiro atoms. The highest BCUT2D eigenvalue weighted by Gasteiger charge is 2.34. The Kier molecular flexibility index (Phi) is 4.26. The summed E-state index contributed by atoms with van der Waals surface area (Å²) in [6.45, 7) is 0. The zero-order chi connectivity index (χ0) is 21.8. The van der Waals surface area contributed by atoms with E-state index in [0.717, 1.165) is 28.3 Å². The van der Waals surface area contributed by atoms with Gasteiger partial charge in [-0.15, -0.1) is 0 Å². The first-order valence-corrected chi connectivity index (χ1v) is 10.9. The molecule has 1 aliphatic carbocycles. The molecule has 2 aliphatic rings. The van der Waals surface area contributed by atoms with Gasteiger partial charge in [-0.3, -0.25) is 0 Å². The lowest BCUT2D eigenvalue weighted by Crippen LogP contribution is -2.28. The lowest BCUT2D eigenvalue weighted by molar-refractivity contribution is 0.0711. The maximum absolute atomic E-state index is 9.80. The van der Waals surface area contributed by atoms with Crippen LogP contribution in [-0.2, 0) is 0 Å². The topological polar surface area (TPSA) is 92.6 Å². The number of aliphatic hydroxyl groups is 1. The minimum absolute atomic E-state index is 0.165. The molecular weight excluding hydrogens is 400 g/mol. The van der Waals surface area contributed by atoms with Crippen molar-refractivity contribution in [1.82, 2.24) is 19.6 Å². The van der Waals surface area contributed by atoms with Gasteiger partial charge in [-0.05, 0) is 30.0 Å². The van der Waals surface area contributed by atoms with Crippen LogP contribution < -0.4 is 10.6 Å². The monoisotopic (exact) mass is 424 g/mol. The standard InChI is InChI=1S/C25H24N6O/c1-30-20(15-5-3-2-4-6-15)10-9-16-7-8-17(13-21(16)30)22-23-24(26)27-14-28-31(23)25(29-22)18-11-19(32)12-18/h2-10,13-14,18-20,32H,11-12H2,1H3,(H2,26,27,28). The fourth-order valence-corrected chi connectivity index (χ4v) is 4.84. The van der Waals surface area contributed by atoms with Crippen LogP contribution >= 0.6 is 0 Å². The SMILES string of the molecule is CN1c2cc(-c3nc(C4CC(O)C4)n4ncnc(N)c34)ccc2C=CC1c1ccccc1. The van der Waals surface area contributed by atoms with E-state index in [0.29, 0.717) is 18.7 Å². The summed E-state index contributed by atoms with van der Waals surface area (Å²) >= 11 is 0. The van der Waals surface area contributed by atoms with Gasteiger partial charge in [-0.25, -0.2) is 14.5 Å². The molecule has 1 atom stereocenters. The van der Waals surface area contributed by atoms with E-state index in [-0.39, 0.29) is 18.1 Å². The quantitative estimate of drug-likeness (QED) is 0.519. The van der Waals surface area contributed by atoms with Crippen LogP contribution in [0.2, 0.25) is 0 Å². The first-order chi connectivity index (χ1) is 15.6. The number of fused-ring (bicyclic) bond motifs is 2. The predicted molar refractivity (Wildman–Crippen MR) is 125 cm³/mol. The summed E-state index contributed by atoms with van der Waals surface area (Å²) in [5, 5.41) is 14.2. The normalized spacial score (nSPS) is 22.1. The Hall–Kier alpha value is -3.71. The van der Waals surface area contributed by atoms with Crippen molar-refractivity contribution in [2.75, 3.05) is 17.7 Å². The largest absolute Gasteiger partial charge is 0.393 e. The molecule has 3 heterocycles. The molecule has 0 bridgehead atoms. The van der Waals surface area contributed by atoms with Crippen molar-refractivity contribution in [3.05, 3.63) is 77.9 Å². The third-order valence-corrected chi connectivity index (χ3v) is 6.66. The van der Waals surface area contributed by atoms with Crippen molar-refractivity contribution in [2.24, 2.45) is 0 Å². The van der Waals surface area contributed by atoms with Crippen LogP contribution in [0.25, 0.3) is 22.9 Å². The number of rotatable bonds is 3. The maximum Gasteiger partial charge on any atom is 0.153 e.